The minimum absolute atomic E-state index is 0.606. The molecule has 0 unspecified atom stereocenters. The van der Waals surface area contributed by atoms with Crippen molar-refractivity contribution in [1.82, 2.24) is 15.7 Å². The highest BCUT2D eigenvalue weighted by atomic mass is 15.3. The molecule has 0 atom stereocenters. The van der Waals surface area contributed by atoms with Gasteiger partial charge in [-0.2, -0.15) is 0 Å². The molecule has 60 valence electrons. The van der Waals surface area contributed by atoms with Gasteiger partial charge < -0.3 is 0 Å². The predicted octanol–water partition coefficient (Wildman–Crippen LogP) is -0.408. The first-order valence-corrected chi connectivity index (χ1v) is 3.46. The standard InChI is InChI=1S/C7H12N4/c8-11-6-10-5-7-2-1-3-9-4-7/h1-4,10-11H,5-6,8H2. The molecule has 1 aromatic heterocycles. The van der Waals surface area contributed by atoms with Crippen LogP contribution in [0.3, 0.4) is 0 Å². The molecule has 1 aromatic rings. The number of pyridine rings is 1. The molecule has 1 heterocycles. The maximum absolute atomic E-state index is 5.06. The number of hydrazine groups is 1. The summed E-state index contributed by atoms with van der Waals surface area (Å²) in [5.74, 6) is 5.06. The fourth-order valence-electron chi connectivity index (χ4n) is 0.782. The van der Waals surface area contributed by atoms with E-state index >= 15 is 0 Å². The molecule has 4 heteroatoms. The van der Waals surface area contributed by atoms with E-state index in [9.17, 15) is 0 Å². The van der Waals surface area contributed by atoms with Gasteiger partial charge in [0.2, 0.25) is 0 Å². The van der Waals surface area contributed by atoms with Crippen molar-refractivity contribution in [3.63, 3.8) is 0 Å². The quantitative estimate of drug-likeness (QED) is 0.237. The number of rotatable bonds is 4. The van der Waals surface area contributed by atoms with Gasteiger partial charge in [0.05, 0.1) is 6.67 Å². The lowest BCUT2D eigenvalue weighted by molar-refractivity contribution is 0.600. The molecule has 0 aliphatic heterocycles. The smallest absolute Gasteiger partial charge is 0.0590 e. The van der Waals surface area contributed by atoms with Gasteiger partial charge in [-0.05, 0) is 11.6 Å². The third kappa shape index (κ3) is 3.08. The van der Waals surface area contributed by atoms with Crippen LogP contribution in [0.2, 0.25) is 0 Å². The van der Waals surface area contributed by atoms with E-state index in [-0.39, 0.29) is 0 Å². The van der Waals surface area contributed by atoms with Crippen molar-refractivity contribution in [3.8, 4) is 0 Å². The second-order valence-corrected chi connectivity index (χ2v) is 2.17. The molecule has 0 amide bonds. The molecule has 0 saturated heterocycles. The van der Waals surface area contributed by atoms with Gasteiger partial charge in [0.1, 0.15) is 0 Å². The van der Waals surface area contributed by atoms with Crippen LogP contribution in [0.5, 0.6) is 0 Å². The van der Waals surface area contributed by atoms with Gasteiger partial charge >= 0.3 is 0 Å². The highest BCUT2D eigenvalue weighted by Gasteiger charge is 1.88. The summed E-state index contributed by atoms with van der Waals surface area (Å²) in [6.45, 7) is 1.40. The van der Waals surface area contributed by atoms with Crippen molar-refractivity contribution >= 4 is 0 Å². The van der Waals surface area contributed by atoms with Crippen LogP contribution in [0.25, 0.3) is 0 Å². The summed E-state index contributed by atoms with van der Waals surface area (Å²) < 4.78 is 0. The Labute approximate surface area is 65.8 Å². The van der Waals surface area contributed by atoms with E-state index < -0.39 is 0 Å². The summed E-state index contributed by atoms with van der Waals surface area (Å²) in [4.78, 5) is 3.97. The monoisotopic (exact) mass is 152 g/mol. The van der Waals surface area contributed by atoms with E-state index in [0.717, 1.165) is 12.1 Å². The van der Waals surface area contributed by atoms with Crippen molar-refractivity contribution in [2.45, 2.75) is 6.54 Å². The van der Waals surface area contributed by atoms with E-state index in [2.05, 4.69) is 15.7 Å². The van der Waals surface area contributed by atoms with E-state index in [1.165, 1.54) is 0 Å². The lowest BCUT2D eigenvalue weighted by atomic mass is 10.3. The minimum atomic E-state index is 0.606. The summed E-state index contributed by atoms with van der Waals surface area (Å²) in [5.41, 5.74) is 3.66. The van der Waals surface area contributed by atoms with Crippen LogP contribution in [0.1, 0.15) is 5.56 Å². The number of nitrogens with one attached hydrogen (secondary N) is 2. The van der Waals surface area contributed by atoms with Gasteiger partial charge in [0.25, 0.3) is 0 Å². The SMILES string of the molecule is NNCNCc1cccnc1. The Balaban J connectivity index is 2.28. The van der Waals surface area contributed by atoms with E-state index in [1.807, 2.05) is 18.3 Å². The molecule has 0 saturated carbocycles. The predicted molar refractivity (Wildman–Crippen MR) is 43.3 cm³/mol. The first kappa shape index (κ1) is 8.13. The third-order valence-electron chi connectivity index (χ3n) is 1.28. The van der Waals surface area contributed by atoms with Crippen LogP contribution in [-0.2, 0) is 6.54 Å². The zero-order chi connectivity index (χ0) is 7.94. The molecule has 1 rings (SSSR count). The number of hydrogen-bond donors (Lipinski definition) is 3. The van der Waals surface area contributed by atoms with Gasteiger partial charge in [0.15, 0.2) is 0 Å². The molecule has 0 bridgehead atoms. The first-order chi connectivity index (χ1) is 5.43. The number of hydrogen-bond acceptors (Lipinski definition) is 4. The van der Waals surface area contributed by atoms with Crippen LogP contribution in [0, 0.1) is 0 Å². The molecule has 0 spiro atoms. The molecular weight excluding hydrogens is 140 g/mol. The third-order valence-corrected chi connectivity index (χ3v) is 1.28. The molecule has 4 N–H and O–H groups in total. The zero-order valence-corrected chi connectivity index (χ0v) is 6.25. The minimum Gasteiger partial charge on any atom is -0.299 e. The fourth-order valence-corrected chi connectivity index (χ4v) is 0.782. The lowest BCUT2D eigenvalue weighted by Gasteiger charge is -2.01. The summed E-state index contributed by atoms with van der Waals surface area (Å²) in [6.07, 6.45) is 3.58. The maximum Gasteiger partial charge on any atom is 0.0590 e. The Morgan fingerprint density at radius 2 is 2.45 bits per heavy atom. The van der Waals surface area contributed by atoms with Crippen LogP contribution >= 0.6 is 0 Å². The maximum atomic E-state index is 5.06. The topological polar surface area (TPSA) is 63.0 Å². The van der Waals surface area contributed by atoms with Gasteiger partial charge in [-0.3, -0.25) is 16.1 Å². The van der Waals surface area contributed by atoms with Gasteiger partial charge in [0, 0.05) is 18.9 Å². The normalized spacial score (nSPS) is 9.91. The summed E-state index contributed by atoms with van der Waals surface area (Å²) >= 11 is 0. The Morgan fingerprint density at radius 1 is 1.55 bits per heavy atom. The molecule has 11 heavy (non-hydrogen) atoms. The number of nitrogens with two attached hydrogens (primary N) is 1. The molecular formula is C7H12N4. The van der Waals surface area contributed by atoms with Crippen molar-refractivity contribution in [2.24, 2.45) is 5.84 Å². The van der Waals surface area contributed by atoms with E-state index in [4.69, 9.17) is 5.84 Å². The molecule has 0 radical (unpaired) electrons. The second-order valence-electron chi connectivity index (χ2n) is 2.17. The van der Waals surface area contributed by atoms with Gasteiger partial charge in [-0.15, -0.1) is 0 Å². The van der Waals surface area contributed by atoms with Crippen molar-refractivity contribution in [1.29, 1.82) is 0 Å². The number of nitrogens with zero attached hydrogens (tertiary/aromatic N) is 1. The largest absolute Gasteiger partial charge is 0.299 e. The van der Waals surface area contributed by atoms with Crippen molar-refractivity contribution in [2.75, 3.05) is 6.67 Å². The van der Waals surface area contributed by atoms with E-state index in [1.54, 1.807) is 6.20 Å². The average molecular weight is 152 g/mol. The van der Waals surface area contributed by atoms with Crippen LogP contribution in [0.4, 0.5) is 0 Å². The lowest BCUT2D eigenvalue weighted by Crippen LogP contribution is -2.33. The fraction of sp³-hybridized carbons (Fsp3) is 0.286. The Bertz CT molecular complexity index is 187. The van der Waals surface area contributed by atoms with Crippen molar-refractivity contribution < 1.29 is 0 Å². The van der Waals surface area contributed by atoms with Gasteiger partial charge in [-0.25, -0.2) is 5.43 Å². The van der Waals surface area contributed by atoms with Crippen LogP contribution < -0.4 is 16.6 Å². The Morgan fingerprint density at radius 3 is 3.09 bits per heavy atom. The summed E-state index contributed by atoms with van der Waals surface area (Å²) in [6, 6.07) is 3.92. The van der Waals surface area contributed by atoms with E-state index in [0.29, 0.717) is 6.67 Å². The Hall–Kier alpha value is -0.970. The summed E-state index contributed by atoms with van der Waals surface area (Å²) in [5, 5.41) is 3.08. The van der Waals surface area contributed by atoms with Gasteiger partial charge in [-0.1, -0.05) is 6.07 Å². The Kier molecular flexibility index (Phi) is 3.54. The molecule has 0 fully saturated rings. The molecule has 0 aliphatic carbocycles. The molecule has 0 aromatic carbocycles. The highest BCUT2D eigenvalue weighted by molar-refractivity contribution is 5.07. The first-order valence-electron chi connectivity index (χ1n) is 3.46. The van der Waals surface area contributed by atoms with Crippen LogP contribution in [-0.4, -0.2) is 11.7 Å². The average Bonchev–Trinajstić information content (AvgIpc) is 2.07. The second kappa shape index (κ2) is 4.79. The molecule has 4 nitrogen and oxygen atoms in total. The highest BCUT2D eigenvalue weighted by Crippen LogP contribution is 1.92. The summed E-state index contributed by atoms with van der Waals surface area (Å²) in [7, 11) is 0. The van der Waals surface area contributed by atoms with Crippen LogP contribution in [0.15, 0.2) is 24.5 Å². The zero-order valence-electron chi connectivity index (χ0n) is 6.25. The number of aromatic nitrogens is 1. The van der Waals surface area contributed by atoms with Crippen molar-refractivity contribution in [3.05, 3.63) is 30.1 Å². The molecule has 0 aliphatic rings.